The molecule has 0 aliphatic carbocycles. The van der Waals surface area contributed by atoms with E-state index in [0.29, 0.717) is 25.7 Å². The van der Waals surface area contributed by atoms with E-state index < -0.39 is 11.4 Å². The smallest absolute Gasteiger partial charge is 0.309 e. The molecule has 0 aromatic heterocycles. The Hall–Kier alpha value is -0.650. The lowest BCUT2D eigenvalue weighted by molar-refractivity contribution is -0.147. The maximum absolute atomic E-state index is 11.0. The van der Waals surface area contributed by atoms with E-state index in [2.05, 4.69) is 11.8 Å². The van der Waals surface area contributed by atoms with Crippen LogP contribution in [0.15, 0.2) is 0 Å². The molecule has 0 spiro atoms. The number of aliphatic carboxylic acids is 1. The molecule has 5 nitrogen and oxygen atoms in total. The summed E-state index contributed by atoms with van der Waals surface area (Å²) in [5.74, 6) is -0.721. The molecule has 1 unspecified atom stereocenters. The van der Waals surface area contributed by atoms with E-state index in [4.69, 9.17) is 14.6 Å². The van der Waals surface area contributed by atoms with Gasteiger partial charge in [0.25, 0.3) is 0 Å². The third-order valence-corrected chi connectivity index (χ3v) is 3.69. The van der Waals surface area contributed by atoms with Gasteiger partial charge in [-0.1, -0.05) is 6.42 Å². The van der Waals surface area contributed by atoms with E-state index in [1.807, 2.05) is 0 Å². The Morgan fingerprint density at radius 1 is 1.20 bits per heavy atom. The molecule has 120 valence electrons. The number of nitrogens with zero attached hydrogens (tertiary/aromatic N) is 1. The van der Waals surface area contributed by atoms with Crippen LogP contribution in [0.2, 0.25) is 0 Å². The lowest BCUT2D eigenvalue weighted by atomic mass is 9.87. The second-order valence-electron chi connectivity index (χ2n) is 5.98. The third-order valence-electron chi connectivity index (χ3n) is 3.69. The number of carboxylic acids is 1. The van der Waals surface area contributed by atoms with Crippen molar-refractivity contribution >= 4 is 5.97 Å². The summed E-state index contributed by atoms with van der Waals surface area (Å²) in [6.07, 6.45) is 2.62. The zero-order valence-electron chi connectivity index (χ0n) is 13.6. The molecule has 0 heterocycles. The van der Waals surface area contributed by atoms with Crippen molar-refractivity contribution in [3.8, 4) is 0 Å². The first-order chi connectivity index (χ1) is 9.35. The van der Waals surface area contributed by atoms with Gasteiger partial charge in [-0.05, 0) is 40.2 Å². The Bertz CT molecular complexity index is 269. The second-order valence-corrected chi connectivity index (χ2v) is 5.98. The van der Waals surface area contributed by atoms with E-state index in [0.717, 1.165) is 25.9 Å². The number of carboxylic acid groups (broad SMARTS) is 1. The minimum Gasteiger partial charge on any atom is -0.481 e. The van der Waals surface area contributed by atoms with Crippen molar-refractivity contribution in [3.05, 3.63) is 0 Å². The molecule has 0 rings (SSSR count). The fourth-order valence-electron chi connectivity index (χ4n) is 2.10. The number of rotatable bonds is 12. The maximum Gasteiger partial charge on any atom is 0.309 e. The normalized spacial score (nSPS) is 13.7. The summed E-state index contributed by atoms with van der Waals surface area (Å²) >= 11 is 0. The van der Waals surface area contributed by atoms with Crippen molar-refractivity contribution in [2.75, 3.05) is 40.5 Å². The van der Waals surface area contributed by atoms with Crippen LogP contribution in [0.5, 0.6) is 0 Å². The lowest BCUT2D eigenvalue weighted by Crippen LogP contribution is -2.39. The number of hydrogen-bond donors (Lipinski definition) is 1. The van der Waals surface area contributed by atoms with Crippen LogP contribution in [-0.4, -0.2) is 62.5 Å². The fraction of sp³-hybridized carbons (Fsp3) is 0.933. The van der Waals surface area contributed by atoms with Crippen LogP contribution in [0.3, 0.4) is 0 Å². The molecule has 0 fully saturated rings. The minimum absolute atomic E-state index is 0.350. The van der Waals surface area contributed by atoms with Gasteiger partial charge in [0, 0.05) is 26.8 Å². The van der Waals surface area contributed by atoms with Crippen LogP contribution < -0.4 is 0 Å². The molecule has 0 radical (unpaired) electrons. The number of carbonyl (C=O) groups is 1. The largest absolute Gasteiger partial charge is 0.481 e. The van der Waals surface area contributed by atoms with Gasteiger partial charge in [0.2, 0.25) is 0 Å². The summed E-state index contributed by atoms with van der Waals surface area (Å²) < 4.78 is 10.3. The predicted octanol–water partition coefficient (Wildman–Crippen LogP) is 2.25. The van der Waals surface area contributed by atoms with Crippen LogP contribution in [0.4, 0.5) is 0 Å². The summed E-state index contributed by atoms with van der Waals surface area (Å²) in [6, 6.07) is 0.350. The zero-order valence-corrected chi connectivity index (χ0v) is 13.6. The van der Waals surface area contributed by atoms with E-state index >= 15 is 0 Å². The standard InChI is InChI=1S/C15H31NO4/c1-13(12-20-5)16(10-11-19-4)9-7-6-8-15(2,3)14(17)18/h13H,6-12H2,1-5H3,(H,17,18). The molecule has 0 aromatic rings. The molecular formula is C15H31NO4. The average molecular weight is 289 g/mol. The van der Waals surface area contributed by atoms with Gasteiger partial charge in [-0.25, -0.2) is 0 Å². The number of ether oxygens (including phenoxy) is 2. The van der Waals surface area contributed by atoms with Crippen molar-refractivity contribution in [2.24, 2.45) is 5.41 Å². The van der Waals surface area contributed by atoms with Crippen LogP contribution in [-0.2, 0) is 14.3 Å². The minimum atomic E-state index is -0.721. The Kier molecular flexibility index (Phi) is 9.80. The van der Waals surface area contributed by atoms with Crippen LogP contribution >= 0.6 is 0 Å². The van der Waals surface area contributed by atoms with Crippen LogP contribution in [0.25, 0.3) is 0 Å². The quantitative estimate of drug-likeness (QED) is 0.558. The monoisotopic (exact) mass is 289 g/mol. The van der Waals surface area contributed by atoms with Crippen molar-refractivity contribution in [2.45, 2.75) is 46.1 Å². The Balaban J connectivity index is 4.09. The summed E-state index contributed by atoms with van der Waals surface area (Å²) in [5, 5.41) is 9.08. The molecular weight excluding hydrogens is 258 g/mol. The Morgan fingerprint density at radius 2 is 1.85 bits per heavy atom. The van der Waals surface area contributed by atoms with Gasteiger partial charge in [0.1, 0.15) is 0 Å². The maximum atomic E-state index is 11.0. The molecule has 0 aromatic carbocycles. The van der Waals surface area contributed by atoms with Gasteiger partial charge in [-0.2, -0.15) is 0 Å². The van der Waals surface area contributed by atoms with E-state index in [-0.39, 0.29) is 0 Å². The number of unbranched alkanes of at least 4 members (excludes halogenated alkanes) is 1. The second kappa shape index (κ2) is 10.1. The van der Waals surface area contributed by atoms with Gasteiger partial charge in [-0.15, -0.1) is 0 Å². The van der Waals surface area contributed by atoms with Gasteiger partial charge in [0.15, 0.2) is 0 Å². The summed E-state index contributed by atoms with van der Waals surface area (Å²) in [4.78, 5) is 13.4. The fourth-order valence-corrected chi connectivity index (χ4v) is 2.10. The highest BCUT2D eigenvalue weighted by atomic mass is 16.5. The molecule has 20 heavy (non-hydrogen) atoms. The van der Waals surface area contributed by atoms with Crippen molar-refractivity contribution in [3.63, 3.8) is 0 Å². The molecule has 5 heteroatoms. The van der Waals surface area contributed by atoms with E-state index in [1.165, 1.54) is 0 Å². The van der Waals surface area contributed by atoms with E-state index in [1.54, 1.807) is 28.1 Å². The molecule has 0 amide bonds. The van der Waals surface area contributed by atoms with Gasteiger partial charge >= 0.3 is 5.97 Å². The topological polar surface area (TPSA) is 59.0 Å². The van der Waals surface area contributed by atoms with Crippen LogP contribution in [0, 0.1) is 5.41 Å². The first-order valence-electron chi connectivity index (χ1n) is 7.30. The van der Waals surface area contributed by atoms with Gasteiger partial charge < -0.3 is 14.6 Å². The predicted molar refractivity (Wildman–Crippen MR) is 80.1 cm³/mol. The molecule has 0 aliphatic heterocycles. The number of hydrogen-bond acceptors (Lipinski definition) is 4. The first-order valence-corrected chi connectivity index (χ1v) is 7.30. The number of methoxy groups -OCH3 is 2. The highest BCUT2D eigenvalue weighted by Gasteiger charge is 2.26. The highest BCUT2D eigenvalue weighted by molar-refractivity contribution is 5.73. The lowest BCUT2D eigenvalue weighted by Gasteiger charge is -2.28. The molecule has 1 atom stereocenters. The average Bonchev–Trinajstić information content (AvgIpc) is 2.37. The summed E-state index contributed by atoms with van der Waals surface area (Å²) in [7, 11) is 3.41. The molecule has 0 saturated carbocycles. The van der Waals surface area contributed by atoms with Crippen molar-refractivity contribution in [1.82, 2.24) is 4.90 Å². The summed E-state index contributed by atoms with van der Waals surface area (Å²) in [5.41, 5.74) is -0.629. The molecule has 0 bridgehead atoms. The van der Waals surface area contributed by atoms with E-state index in [9.17, 15) is 4.79 Å². The zero-order chi connectivity index (χ0) is 15.6. The Labute approximate surface area is 123 Å². The third kappa shape index (κ3) is 7.82. The Morgan fingerprint density at radius 3 is 2.35 bits per heavy atom. The highest BCUT2D eigenvalue weighted by Crippen LogP contribution is 2.23. The van der Waals surface area contributed by atoms with Crippen LogP contribution in [0.1, 0.15) is 40.0 Å². The van der Waals surface area contributed by atoms with Gasteiger partial charge in [-0.3, -0.25) is 9.69 Å². The summed E-state index contributed by atoms with van der Waals surface area (Å²) in [6.45, 7) is 8.93. The van der Waals surface area contributed by atoms with Crippen molar-refractivity contribution < 1.29 is 19.4 Å². The van der Waals surface area contributed by atoms with Crippen molar-refractivity contribution in [1.29, 1.82) is 0 Å². The SMILES string of the molecule is COCCN(CCCCC(C)(C)C(=O)O)C(C)COC. The molecule has 0 saturated heterocycles. The molecule has 1 N–H and O–H groups in total. The van der Waals surface area contributed by atoms with Gasteiger partial charge in [0.05, 0.1) is 18.6 Å². The first kappa shape index (κ1) is 19.4. The molecule has 0 aliphatic rings.